The van der Waals surface area contributed by atoms with E-state index >= 15 is 0 Å². The third-order valence-electron chi connectivity index (χ3n) is 3.01. The van der Waals surface area contributed by atoms with Gasteiger partial charge in [-0.2, -0.15) is 0 Å². The van der Waals surface area contributed by atoms with E-state index in [1.165, 1.54) is 0 Å². The van der Waals surface area contributed by atoms with Crippen molar-refractivity contribution in [2.24, 2.45) is 0 Å². The summed E-state index contributed by atoms with van der Waals surface area (Å²) in [7, 11) is 0. The summed E-state index contributed by atoms with van der Waals surface area (Å²) in [5, 5.41) is 11.5. The van der Waals surface area contributed by atoms with Crippen LogP contribution in [0, 0.1) is 0 Å². The van der Waals surface area contributed by atoms with Crippen molar-refractivity contribution in [2.75, 3.05) is 0 Å². The van der Waals surface area contributed by atoms with Crippen molar-refractivity contribution in [3.05, 3.63) is 42.5 Å². The van der Waals surface area contributed by atoms with E-state index in [-0.39, 0.29) is 0 Å². The van der Waals surface area contributed by atoms with Crippen LogP contribution in [0.5, 0.6) is 0 Å². The summed E-state index contributed by atoms with van der Waals surface area (Å²) in [6.07, 6.45) is 5.15. The van der Waals surface area contributed by atoms with Crippen molar-refractivity contribution in [3.63, 3.8) is 0 Å². The first-order chi connectivity index (χ1) is 9.74. The lowest BCUT2D eigenvalue weighted by atomic mass is 10.2. The summed E-state index contributed by atoms with van der Waals surface area (Å²) in [6, 6.07) is 6.31. The van der Waals surface area contributed by atoms with Gasteiger partial charge in [-0.1, -0.05) is 19.1 Å². The topological polar surface area (TPSA) is 68.5 Å². The third kappa shape index (κ3) is 2.50. The molecular weight excluding hydrogens is 252 g/mol. The van der Waals surface area contributed by atoms with Crippen LogP contribution in [0.3, 0.4) is 0 Å². The molecule has 3 aromatic rings. The fourth-order valence-electron chi connectivity index (χ4n) is 1.99. The van der Waals surface area contributed by atoms with Gasteiger partial charge in [0.1, 0.15) is 0 Å². The van der Waals surface area contributed by atoms with E-state index in [1.807, 2.05) is 22.9 Å². The first-order valence-electron chi connectivity index (χ1n) is 6.58. The molecule has 0 unspecified atom stereocenters. The van der Waals surface area contributed by atoms with Gasteiger partial charge < -0.3 is 5.32 Å². The van der Waals surface area contributed by atoms with Gasteiger partial charge in [0.05, 0.1) is 28.6 Å². The number of nitrogens with one attached hydrogen (secondary N) is 1. The van der Waals surface area contributed by atoms with Crippen LogP contribution in [0.4, 0.5) is 0 Å². The minimum Gasteiger partial charge on any atom is -0.309 e. The van der Waals surface area contributed by atoms with E-state index < -0.39 is 0 Å². The predicted molar refractivity (Wildman–Crippen MR) is 76.4 cm³/mol. The number of nitrogens with zero attached hydrogens (tertiary/aromatic N) is 5. The average molecular weight is 268 g/mol. The van der Waals surface area contributed by atoms with Crippen LogP contribution in [0.1, 0.15) is 19.5 Å². The zero-order chi connectivity index (χ0) is 13.9. The average Bonchev–Trinajstić information content (AvgIpc) is 2.93. The molecular formula is C14H16N6. The molecule has 6 heteroatoms. The van der Waals surface area contributed by atoms with Gasteiger partial charge in [-0.15, -0.1) is 5.10 Å². The Morgan fingerprint density at radius 1 is 1.15 bits per heavy atom. The summed E-state index contributed by atoms with van der Waals surface area (Å²) >= 11 is 0. The van der Waals surface area contributed by atoms with E-state index in [0.29, 0.717) is 6.04 Å². The SMILES string of the molecule is CC(C)NCc1cnnn1-c1ccc2nccnc2c1. The number of aromatic nitrogens is 5. The van der Waals surface area contributed by atoms with E-state index in [9.17, 15) is 0 Å². The van der Waals surface area contributed by atoms with Crippen LogP contribution in [0.25, 0.3) is 16.7 Å². The van der Waals surface area contributed by atoms with Gasteiger partial charge in [0, 0.05) is 25.0 Å². The number of benzene rings is 1. The molecule has 0 saturated carbocycles. The molecule has 6 nitrogen and oxygen atoms in total. The number of hydrogen-bond acceptors (Lipinski definition) is 5. The van der Waals surface area contributed by atoms with Crippen molar-refractivity contribution in [2.45, 2.75) is 26.4 Å². The summed E-state index contributed by atoms with van der Waals surface area (Å²) < 4.78 is 1.82. The Bertz CT molecular complexity index is 718. The Morgan fingerprint density at radius 3 is 2.75 bits per heavy atom. The normalized spacial score (nSPS) is 11.3. The smallest absolute Gasteiger partial charge is 0.0908 e. The molecule has 1 aromatic carbocycles. The maximum absolute atomic E-state index is 4.32. The maximum Gasteiger partial charge on any atom is 0.0908 e. The van der Waals surface area contributed by atoms with Gasteiger partial charge >= 0.3 is 0 Å². The van der Waals surface area contributed by atoms with Crippen LogP contribution in [-0.4, -0.2) is 31.0 Å². The fourth-order valence-corrected chi connectivity index (χ4v) is 1.99. The van der Waals surface area contributed by atoms with Gasteiger partial charge in [-0.25, -0.2) is 4.68 Å². The molecule has 3 rings (SSSR count). The second-order valence-electron chi connectivity index (χ2n) is 4.90. The first-order valence-corrected chi connectivity index (χ1v) is 6.58. The minimum atomic E-state index is 0.417. The maximum atomic E-state index is 4.32. The number of rotatable bonds is 4. The summed E-state index contributed by atoms with van der Waals surface area (Å²) in [4.78, 5) is 8.58. The molecule has 2 aromatic heterocycles. The molecule has 0 aliphatic carbocycles. The quantitative estimate of drug-likeness (QED) is 0.780. The standard InChI is InChI=1S/C14H16N6/c1-10(2)17-8-12-9-18-19-20(12)11-3-4-13-14(7-11)16-6-5-15-13/h3-7,9-10,17H,8H2,1-2H3. The molecule has 102 valence electrons. The number of hydrogen-bond donors (Lipinski definition) is 1. The second-order valence-corrected chi connectivity index (χ2v) is 4.90. The predicted octanol–water partition coefficient (Wildman–Crippen LogP) is 1.71. The molecule has 20 heavy (non-hydrogen) atoms. The molecule has 0 saturated heterocycles. The van der Waals surface area contributed by atoms with Crippen molar-refractivity contribution in [1.82, 2.24) is 30.3 Å². The molecule has 0 radical (unpaired) electrons. The Labute approximate surface area is 116 Å². The van der Waals surface area contributed by atoms with Crippen molar-refractivity contribution >= 4 is 11.0 Å². The molecule has 1 N–H and O–H groups in total. The van der Waals surface area contributed by atoms with Crippen LogP contribution in [0.2, 0.25) is 0 Å². The molecule has 0 spiro atoms. The molecule has 0 aliphatic rings. The summed E-state index contributed by atoms with van der Waals surface area (Å²) in [5.41, 5.74) is 3.68. The lowest BCUT2D eigenvalue weighted by molar-refractivity contribution is 0.570. The zero-order valence-electron chi connectivity index (χ0n) is 11.5. The molecule has 0 amide bonds. The Hall–Kier alpha value is -2.34. The Kier molecular flexibility index (Phi) is 3.39. The summed E-state index contributed by atoms with van der Waals surface area (Å²) in [5.74, 6) is 0. The molecule has 0 atom stereocenters. The first kappa shape index (κ1) is 12.7. The largest absolute Gasteiger partial charge is 0.309 e. The monoisotopic (exact) mass is 268 g/mol. The highest BCUT2D eigenvalue weighted by Gasteiger charge is 2.08. The molecule has 0 fully saturated rings. The van der Waals surface area contributed by atoms with Crippen molar-refractivity contribution in [3.8, 4) is 5.69 Å². The van der Waals surface area contributed by atoms with Gasteiger partial charge in [-0.05, 0) is 18.2 Å². The summed E-state index contributed by atoms with van der Waals surface area (Å²) in [6.45, 7) is 4.95. The van der Waals surface area contributed by atoms with Crippen LogP contribution >= 0.6 is 0 Å². The number of fused-ring (bicyclic) bond motifs is 1. The highest BCUT2D eigenvalue weighted by molar-refractivity contribution is 5.76. The van der Waals surface area contributed by atoms with Gasteiger partial charge in [-0.3, -0.25) is 9.97 Å². The van der Waals surface area contributed by atoms with Crippen LogP contribution in [0.15, 0.2) is 36.8 Å². The lowest BCUT2D eigenvalue weighted by Gasteiger charge is -2.10. The Morgan fingerprint density at radius 2 is 1.95 bits per heavy atom. The van der Waals surface area contributed by atoms with Crippen molar-refractivity contribution < 1.29 is 0 Å². The zero-order valence-corrected chi connectivity index (χ0v) is 11.5. The highest BCUT2D eigenvalue weighted by Crippen LogP contribution is 2.15. The third-order valence-corrected chi connectivity index (χ3v) is 3.01. The highest BCUT2D eigenvalue weighted by atomic mass is 15.4. The van der Waals surface area contributed by atoms with E-state index in [2.05, 4.69) is 39.4 Å². The van der Waals surface area contributed by atoms with E-state index in [1.54, 1.807) is 18.6 Å². The van der Waals surface area contributed by atoms with Gasteiger partial charge in [0.15, 0.2) is 0 Å². The van der Waals surface area contributed by atoms with E-state index in [4.69, 9.17) is 0 Å². The molecule has 2 heterocycles. The van der Waals surface area contributed by atoms with E-state index in [0.717, 1.165) is 29.0 Å². The Balaban J connectivity index is 1.96. The molecule has 0 bridgehead atoms. The molecule has 0 aliphatic heterocycles. The fraction of sp³-hybridized carbons (Fsp3) is 0.286. The van der Waals surface area contributed by atoms with Gasteiger partial charge in [0.25, 0.3) is 0 Å². The minimum absolute atomic E-state index is 0.417. The van der Waals surface area contributed by atoms with Crippen LogP contribution in [-0.2, 0) is 6.54 Å². The van der Waals surface area contributed by atoms with Gasteiger partial charge in [0.2, 0.25) is 0 Å². The van der Waals surface area contributed by atoms with Crippen molar-refractivity contribution in [1.29, 1.82) is 0 Å². The van der Waals surface area contributed by atoms with Crippen LogP contribution < -0.4 is 5.32 Å². The lowest BCUT2D eigenvalue weighted by Crippen LogP contribution is -2.23. The second kappa shape index (κ2) is 5.34.